The fraction of sp³-hybridized carbons (Fsp3) is 0.417. The number of nitrogens with zero attached hydrogens (tertiary/aromatic N) is 1. The minimum absolute atomic E-state index is 0.338. The highest BCUT2D eigenvalue weighted by Crippen LogP contribution is 2.30. The predicted molar refractivity (Wildman–Crippen MR) is 114 cm³/mol. The summed E-state index contributed by atoms with van der Waals surface area (Å²) in [5, 5.41) is 3.93. The number of rotatable bonds is 8. The van der Waals surface area contributed by atoms with Crippen LogP contribution in [0.25, 0.3) is 6.08 Å². The van der Waals surface area contributed by atoms with E-state index >= 15 is 0 Å². The van der Waals surface area contributed by atoms with Crippen LogP contribution in [-0.2, 0) is 16.1 Å². The Morgan fingerprint density at radius 2 is 2.03 bits per heavy atom. The number of ether oxygens (including phenoxy) is 3. The maximum atomic E-state index is 12.1. The van der Waals surface area contributed by atoms with E-state index in [1.807, 2.05) is 32.0 Å². The van der Waals surface area contributed by atoms with Crippen molar-refractivity contribution >= 4 is 12.0 Å². The molecule has 0 bridgehead atoms. The molecular weight excluding hydrogens is 382 g/mol. The van der Waals surface area contributed by atoms with Crippen molar-refractivity contribution in [3.8, 4) is 11.5 Å². The van der Waals surface area contributed by atoms with Gasteiger partial charge in [0.25, 0.3) is 0 Å². The summed E-state index contributed by atoms with van der Waals surface area (Å²) in [6, 6.07) is 5.50. The van der Waals surface area contributed by atoms with Crippen LogP contribution in [0.15, 0.2) is 41.0 Å². The summed E-state index contributed by atoms with van der Waals surface area (Å²) >= 11 is 0. The Hall–Kier alpha value is -3.02. The number of carbonyl (C=O) groups excluding carboxylic acids is 1. The van der Waals surface area contributed by atoms with Gasteiger partial charge in [-0.25, -0.2) is 4.79 Å². The van der Waals surface area contributed by atoms with Crippen molar-refractivity contribution in [2.24, 2.45) is 11.8 Å². The molecule has 2 unspecified atom stereocenters. The minimum atomic E-state index is -0.338. The van der Waals surface area contributed by atoms with Crippen molar-refractivity contribution in [3.63, 3.8) is 0 Å². The molecule has 0 N–H and O–H groups in total. The van der Waals surface area contributed by atoms with E-state index in [-0.39, 0.29) is 5.97 Å². The van der Waals surface area contributed by atoms with E-state index in [0.717, 1.165) is 35.4 Å². The SMILES string of the molecule is COc1cc(/C=C/C(=O)OCC2CC=CCC2C)ccc1OCc1c(C)noc1C. The number of hydrogen-bond acceptors (Lipinski definition) is 6. The maximum Gasteiger partial charge on any atom is 0.330 e. The molecule has 0 radical (unpaired) electrons. The van der Waals surface area contributed by atoms with Crippen LogP contribution in [0.4, 0.5) is 0 Å². The molecule has 2 atom stereocenters. The van der Waals surface area contributed by atoms with Gasteiger partial charge in [0.1, 0.15) is 12.4 Å². The molecule has 1 aliphatic carbocycles. The molecule has 6 nitrogen and oxygen atoms in total. The first-order valence-corrected chi connectivity index (χ1v) is 10.2. The molecule has 0 saturated carbocycles. The van der Waals surface area contributed by atoms with Gasteiger partial charge in [0.05, 0.1) is 25.0 Å². The molecule has 0 saturated heterocycles. The van der Waals surface area contributed by atoms with Crippen molar-refractivity contribution in [1.29, 1.82) is 0 Å². The summed E-state index contributed by atoms with van der Waals surface area (Å²) in [6.07, 6.45) is 9.52. The summed E-state index contributed by atoms with van der Waals surface area (Å²) < 4.78 is 21.9. The molecule has 0 spiro atoms. The van der Waals surface area contributed by atoms with Gasteiger partial charge >= 0.3 is 5.97 Å². The molecule has 1 aromatic carbocycles. The van der Waals surface area contributed by atoms with Crippen molar-refractivity contribution in [1.82, 2.24) is 5.16 Å². The number of aromatic nitrogens is 1. The molecular formula is C24H29NO5. The number of aryl methyl sites for hydroxylation is 2. The first-order valence-electron chi connectivity index (χ1n) is 10.2. The largest absolute Gasteiger partial charge is 0.493 e. The number of hydrogen-bond donors (Lipinski definition) is 0. The third-order valence-electron chi connectivity index (χ3n) is 5.51. The van der Waals surface area contributed by atoms with Crippen LogP contribution < -0.4 is 9.47 Å². The first kappa shape index (κ1) is 21.7. The van der Waals surface area contributed by atoms with Crippen LogP contribution in [0.5, 0.6) is 11.5 Å². The summed E-state index contributed by atoms with van der Waals surface area (Å²) in [5.41, 5.74) is 2.55. The normalized spacial score (nSPS) is 18.5. The summed E-state index contributed by atoms with van der Waals surface area (Å²) in [4.78, 5) is 12.1. The quantitative estimate of drug-likeness (QED) is 0.344. The zero-order chi connectivity index (χ0) is 21.5. The molecule has 0 fully saturated rings. The van der Waals surface area contributed by atoms with Crippen LogP contribution in [0.1, 0.15) is 42.3 Å². The summed E-state index contributed by atoms with van der Waals surface area (Å²) in [6.45, 7) is 6.72. The highest BCUT2D eigenvalue weighted by atomic mass is 16.5. The predicted octanol–water partition coefficient (Wildman–Crippen LogP) is 5.04. The standard InChI is InChI=1S/C24H29NO5/c1-16-7-5-6-8-20(16)14-29-24(26)12-10-19-9-11-22(23(13-19)27-4)28-15-21-17(2)25-30-18(21)3/h5-6,9-13,16,20H,7-8,14-15H2,1-4H3/b12-10+. The lowest BCUT2D eigenvalue weighted by molar-refractivity contribution is -0.139. The van der Waals surface area contributed by atoms with Gasteiger partial charge in [-0.15, -0.1) is 0 Å². The topological polar surface area (TPSA) is 70.8 Å². The zero-order valence-electron chi connectivity index (χ0n) is 18.0. The summed E-state index contributed by atoms with van der Waals surface area (Å²) in [5.74, 6) is 2.52. The van der Waals surface area contributed by atoms with E-state index in [2.05, 4.69) is 24.2 Å². The van der Waals surface area contributed by atoms with Crippen molar-refractivity contribution in [3.05, 3.63) is 59.0 Å². The molecule has 160 valence electrons. The van der Waals surface area contributed by atoms with E-state index in [9.17, 15) is 4.79 Å². The van der Waals surface area contributed by atoms with Gasteiger partial charge in [0, 0.05) is 6.08 Å². The van der Waals surface area contributed by atoms with Gasteiger partial charge in [-0.05, 0) is 62.3 Å². The second kappa shape index (κ2) is 10.1. The highest BCUT2D eigenvalue weighted by Gasteiger charge is 2.19. The van der Waals surface area contributed by atoms with Crippen LogP contribution in [0.2, 0.25) is 0 Å². The average molecular weight is 411 g/mol. The average Bonchev–Trinajstić information content (AvgIpc) is 3.07. The third-order valence-corrected chi connectivity index (χ3v) is 5.51. The number of benzene rings is 1. The molecule has 0 aliphatic heterocycles. The number of esters is 1. The van der Waals surface area contributed by atoms with Gasteiger partial charge in [-0.1, -0.05) is 30.3 Å². The fourth-order valence-electron chi connectivity index (χ4n) is 3.41. The van der Waals surface area contributed by atoms with Crippen molar-refractivity contribution in [2.75, 3.05) is 13.7 Å². The number of methoxy groups -OCH3 is 1. The molecule has 1 aromatic heterocycles. The first-order chi connectivity index (χ1) is 14.5. The molecule has 6 heteroatoms. The van der Waals surface area contributed by atoms with Crippen LogP contribution in [0.3, 0.4) is 0 Å². The summed E-state index contributed by atoms with van der Waals surface area (Å²) in [7, 11) is 1.58. The Labute approximate surface area is 177 Å². The van der Waals surface area contributed by atoms with Crippen molar-refractivity contribution < 1.29 is 23.5 Å². The Morgan fingerprint density at radius 1 is 1.23 bits per heavy atom. The second-order valence-electron chi connectivity index (χ2n) is 7.65. The molecule has 30 heavy (non-hydrogen) atoms. The maximum absolute atomic E-state index is 12.1. The second-order valence-corrected chi connectivity index (χ2v) is 7.65. The van der Waals surface area contributed by atoms with E-state index in [1.54, 1.807) is 13.2 Å². The van der Waals surface area contributed by atoms with Gasteiger partial charge in [-0.3, -0.25) is 0 Å². The number of carbonyl (C=O) groups is 1. The van der Waals surface area contributed by atoms with E-state index in [0.29, 0.717) is 36.5 Å². The Balaban J connectivity index is 1.57. The number of allylic oxidation sites excluding steroid dienone is 2. The zero-order valence-corrected chi connectivity index (χ0v) is 18.0. The molecule has 1 heterocycles. The lowest BCUT2D eigenvalue weighted by Crippen LogP contribution is -2.21. The Kier molecular flexibility index (Phi) is 7.33. The smallest absolute Gasteiger partial charge is 0.330 e. The lowest BCUT2D eigenvalue weighted by atomic mass is 9.85. The van der Waals surface area contributed by atoms with Gasteiger partial charge < -0.3 is 18.7 Å². The van der Waals surface area contributed by atoms with Gasteiger partial charge in [0.15, 0.2) is 11.5 Å². The minimum Gasteiger partial charge on any atom is -0.493 e. The monoisotopic (exact) mass is 411 g/mol. The lowest BCUT2D eigenvalue weighted by Gasteiger charge is -2.24. The molecule has 1 aliphatic rings. The molecule has 0 amide bonds. The van der Waals surface area contributed by atoms with Gasteiger partial charge in [-0.2, -0.15) is 0 Å². The molecule has 2 aromatic rings. The van der Waals surface area contributed by atoms with E-state index in [1.165, 1.54) is 6.08 Å². The van der Waals surface area contributed by atoms with Crippen LogP contribution in [-0.4, -0.2) is 24.8 Å². The van der Waals surface area contributed by atoms with E-state index < -0.39 is 0 Å². The third kappa shape index (κ3) is 5.53. The van der Waals surface area contributed by atoms with Crippen LogP contribution in [0, 0.1) is 25.7 Å². The Morgan fingerprint density at radius 3 is 2.73 bits per heavy atom. The van der Waals surface area contributed by atoms with Crippen molar-refractivity contribution in [2.45, 2.75) is 40.2 Å². The van der Waals surface area contributed by atoms with Gasteiger partial charge in [0.2, 0.25) is 0 Å². The fourth-order valence-corrected chi connectivity index (χ4v) is 3.41. The van der Waals surface area contributed by atoms with Crippen LogP contribution >= 0.6 is 0 Å². The highest BCUT2D eigenvalue weighted by molar-refractivity contribution is 5.87. The molecule has 3 rings (SSSR count). The van der Waals surface area contributed by atoms with E-state index in [4.69, 9.17) is 18.7 Å². The Bertz CT molecular complexity index is 908.